The van der Waals surface area contributed by atoms with Gasteiger partial charge in [0.1, 0.15) is 0 Å². The minimum atomic E-state index is 0.953. The average Bonchev–Trinajstić information content (AvgIpc) is 2.75. The van der Waals surface area contributed by atoms with E-state index in [0.717, 1.165) is 24.0 Å². The SMILES string of the molecule is CCCCCc1ccc(-c2ccc(CCC3CCC(CCC)CC3)cc2)nc1. The Labute approximate surface area is 173 Å². The summed E-state index contributed by atoms with van der Waals surface area (Å²) in [5, 5.41) is 0. The number of benzene rings is 1. The van der Waals surface area contributed by atoms with Gasteiger partial charge in [-0.3, -0.25) is 4.98 Å². The summed E-state index contributed by atoms with van der Waals surface area (Å²) in [6.07, 6.45) is 18.3. The number of aryl methyl sites for hydroxylation is 2. The molecule has 0 atom stereocenters. The minimum Gasteiger partial charge on any atom is -0.256 e. The first kappa shape index (κ1) is 21.1. The van der Waals surface area contributed by atoms with Crippen molar-refractivity contribution in [2.24, 2.45) is 11.8 Å². The van der Waals surface area contributed by atoms with E-state index in [2.05, 4.69) is 56.4 Å². The molecule has 0 aliphatic heterocycles. The predicted octanol–water partition coefficient (Wildman–Crippen LogP) is 8.02. The van der Waals surface area contributed by atoms with Gasteiger partial charge in [-0.05, 0) is 54.7 Å². The second-order valence-electron chi connectivity index (χ2n) is 8.92. The maximum Gasteiger partial charge on any atom is 0.0702 e. The number of hydrogen-bond donors (Lipinski definition) is 0. The summed E-state index contributed by atoms with van der Waals surface area (Å²) in [5.41, 5.74) is 5.18. The maximum atomic E-state index is 4.70. The molecule has 0 bridgehead atoms. The lowest BCUT2D eigenvalue weighted by Gasteiger charge is -2.28. The van der Waals surface area contributed by atoms with E-state index >= 15 is 0 Å². The summed E-state index contributed by atoms with van der Waals surface area (Å²) < 4.78 is 0. The molecule has 3 rings (SSSR count). The molecule has 1 saturated carbocycles. The molecular weight excluding hydrogens is 338 g/mol. The van der Waals surface area contributed by atoms with Crippen molar-refractivity contribution in [3.05, 3.63) is 53.7 Å². The van der Waals surface area contributed by atoms with E-state index < -0.39 is 0 Å². The molecule has 0 unspecified atom stereocenters. The Hall–Kier alpha value is -1.63. The fourth-order valence-electron chi connectivity index (χ4n) is 4.75. The third-order valence-electron chi connectivity index (χ3n) is 6.65. The molecule has 1 aliphatic rings. The lowest BCUT2D eigenvalue weighted by atomic mass is 9.78. The number of aromatic nitrogens is 1. The first-order chi connectivity index (χ1) is 13.8. The van der Waals surface area contributed by atoms with Crippen LogP contribution in [0.2, 0.25) is 0 Å². The number of unbranched alkanes of at least 4 members (excludes halogenated alkanes) is 2. The standard InChI is InChI=1S/C27H39N/c1-3-5-6-8-25-17-20-27(28-21-25)26-18-15-24(16-19-26)14-13-23-11-9-22(7-4-2)10-12-23/h15-23H,3-14H2,1-2H3. The smallest absolute Gasteiger partial charge is 0.0702 e. The molecule has 0 radical (unpaired) electrons. The largest absolute Gasteiger partial charge is 0.256 e. The lowest BCUT2D eigenvalue weighted by Crippen LogP contribution is -2.15. The fourth-order valence-corrected chi connectivity index (χ4v) is 4.75. The second kappa shape index (κ2) is 11.4. The molecule has 1 fully saturated rings. The van der Waals surface area contributed by atoms with Crippen molar-refractivity contribution < 1.29 is 0 Å². The highest BCUT2D eigenvalue weighted by molar-refractivity contribution is 5.59. The maximum absolute atomic E-state index is 4.70. The number of pyridine rings is 1. The van der Waals surface area contributed by atoms with Crippen molar-refractivity contribution in [3.63, 3.8) is 0 Å². The number of rotatable bonds is 10. The van der Waals surface area contributed by atoms with Crippen LogP contribution in [0, 0.1) is 11.8 Å². The summed E-state index contributed by atoms with van der Waals surface area (Å²) in [7, 11) is 0. The summed E-state index contributed by atoms with van der Waals surface area (Å²) in [4.78, 5) is 4.70. The Morgan fingerprint density at radius 1 is 0.714 bits per heavy atom. The monoisotopic (exact) mass is 377 g/mol. The molecule has 2 aromatic rings. The summed E-state index contributed by atoms with van der Waals surface area (Å²) >= 11 is 0. The van der Waals surface area contributed by atoms with Gasteiger partial charge in [-0.2, -0.15) is 0 Å². The van der Waals surface area contributed by atoms with Crippen LogP contribution in [0.4, 0.5) is 0 Å². The zero-order valence-corrected chi connectivity index (χ0v) is 18.1. The Kier molecular flexibility index (Phi) is 8.58. The highest BCUT2D eigenvalue weighted by atomic mass is 14.7. The van der Waals surface area contributed by atoms with Gasteiger partial charge in [-0.15, -0.1) is 0 Å². The third-order valence-corrected chi connectivity index (χ3v) is 6.65. The van der Waals surface area contributed by atoms with E-state index in [-0.39, 0.29) is 0 Å². The number of hydrogen-bond acceptors (Lipinski definition) is 1. The predicted molar refractivity (Wildman–Crippen MR) is 122 cm³/mol. The lowest BCUT2D eigenvalue weighted by molar-refractivity contribution is 0.252. The van der Waals surface area contributed by atoms with Crippen LogP contribution in [0.5, 0.6) is 0 Å². The molecule has 0 N–H and O–H groups in total. The van der Waals surface area contributed by atoms with Crippen LogP contribution < -0.4 is 0 Å². The fraction of sp³-hybridized carbons (Fsp3) is 0.593. The molecule has 1 aliphatic carbocycles. The summed E-state index contributed by atoms with van der Waals surface area (Å²) in [5.74, 6) is 1.97. The first-order valence-electron chi connectivity index (χ1n) is 11.8. The van der Waals surface area contributed by atoms with Crippen LogP contribution in [-0.4, -0.2) is 4.98 Å². The average molecular weight is 378 g/mol. The van der Waals surface area contributed by atoms with E-state index in [1.54, 1.807) is 0 Å². The van der Waals surface area contributed by atoms with Crippen LogP contribution in [0.15, 0.2) is 42.6 Å². The molecule has 28 heavy (non-hydrogen) atoms. The number of nitrogens with zero attached hydrogens (tertiary/aromatic N) is 1. The highest BCUT2D eigenvalue weighted by Gasteiger charge is 2.20. The van der Waals surface area contributed by atoms with Crippen LogP contribution in [0.3, 0.4) is 0 Å². The molecule has 1 nitrogen and oxygen atoms in total. The topological polar surface area (TPSA) is 12.9 Å². The van der Waals surface area contributed by atoms with Gasteiger partial charge in [0.2, 0.25) is 0 Å². The van der Waals surface area contributed by atoms with E-state index in [9.17, 15) is 0 Å². The molecule has 1 heterocycles. The van der Waals surface area contributed by atoms with Gasteiger partial charge in [0, 0.05) is 11.8 Å². The Morgan fingerprint density at radius 2 is 1.39 bits per heavy atom. The highest BCUT2D eigenvalue weighted by Crippen LogP contribution is 2.34. The van der Waals surface area contributed by atoms with Gasteiger partial charge in [-0.1, -0.05) is 95.5 Å². The van der Waals surface area contributed by atoms with Gasteiger partial charge in [0.25, 0.3) is 0 Å². The van der Waals surface area contributed by atoms with Crippen molar-refractivity contribution in [1.29, 1.82) is 0 Å². The second-order valence-corrected chi connectivity index (χ2v) is 8.92. The minimum absolute atomic E-state index is 0.953. The Bertz CT molecular complexity index is 662. The van der Waals surface area contributed by atoms with Gasteiger partial charge in [0.05, 0.1) is 5.69 Å². The van der Waals surface area contributed by atoms with Crippen molar-refractivity contribution in [2.45, 2.75) is 90.9 Å². The molecule has 1 aromatic heterocycles. The van der Waals surface area contributed by atoms with Gasteiger partial charge >= 0.3 is 0 Å². The molecule has 0 amide bonds. The van der Waals surface area contributed by atoms with Crippen molar-refractivity contribution in [3.8, 4) is 11.3 Å². The molecule has 1 heteroatoms. The van der Waals surface area contributed by atoms with E-state index in [1.165, 1.54) is 87.3 Å². The van der Waals surface area contributed by atoms with Crippen LogP contribution in [0.25, 0.3) is 11.3 Å². The quantitative estimate of drug-likeness (QED) is 0.382. The Balaban J connectivity index is 1.46. The van der Waals surface area contributed by atoms with Gasteiger partial charge in [-0.25, -0.2) is 0 Å². The summed E-state index contributed by atoms with van der Waals surface area (Å²) in [6, 6.07) is 13.6. The van der Waals surface area contributed by atoms with Crippen molar-refractivity contribution in [1.82, 2.24) is 4.98 Å². The van der Waals surface area contributed by atoms with Gasteiger partial charge in [0.15, 0.2) is 0 Å². The zero-order chi connectivity index (χ0) is 19.6. The Morgan fingerprint density at radius 3 is 2.00 bits per heavy atom. The van der Waals surface area contributed by atoms with Crippen LogP contribution in [0.1, 0.15) is 89.2 Å². The molecule has 0 saturated heterocycles. The normalized spacial score (nSPS) is 19.6. The molecule has 0 spiro atoms. The van der Waals surface area contributed by atoms with Crippen LogP contribution >= 0.6 is 0 Å². The van der Waals surface area contributed by atoms with E-state index in [1.807, 2.05) is 0 Å². The molecule has 1 aromatic carbocycles. The van der Waals surface area contributed by atoms with E-state index in [0.29, 0.717) is 0 Å². The van der Waals surface area contributed by atoms with Crippen molar-refractivity contribution in [2.75, 3.05) is 0 Å². The first-order valence-corrected chi connectivity index (χ1v) is 11.8. The zero-order valence-electron chi connectivity index (χ0n) is 18.1. The third kappa shape index (κ3) is 6.47. The summed E-state index contributed by atoms with van der Waals surface area (Å²) in [6.45, 7) is 4.58. The van der Waals surface area contributed by atoms with Crippen molar-refractivity contribution >= 4 is 0 Å². The van der Waals surface area contributed by atoms with Crippen LogP contribution in [-0.2, 0) is 12.8 Å². The van der Waals surface area contributed by atoms with E-state index in [4.69, 9.17) is 4.98 Å². The molecular formula is C27H39N. The van der Waals surface area contributed by atoms with Gasteiger partial charge < -0.3 is 0 Å². The molecule has 152 valence electrons.